The largest absolute Gasteiger partial charge is 0.480 e. The molecular weight excluding hydrogens is 284 g/mol. The number of halogens is 2. The third kappa shape index (κ3) is 4.24. The number of carboxylic acids is 1. The van der Waals surface area contributed by atoms with Crippen LogP contribution in [-0.2, 0) is 16.0 Å². The third-order valence-electron chi connectivity index (χ3n) is 3.68. The van der Waals surface area contributed by atoms with Gasteiger partial charge in [-0.25, -0.2) is 18.6 Å². The molecule has 1 unspecified atom stereocenters. The minimum atomic E-state index is -2.71. The highest BCUT2D eigenvalue weighted by Gasteiger charge is 2.38. The zero-order valence-corrected chi connectivity index (χ0v) is 11.3. The van der Waals surface area contributed by atoms with Crippen LogP contribution < -0.4 is 5.32 Å². The minimum absolute atomic E-state index is 0.0734. The fraction of sp³-hybridized carbons (Fsp3) is 0.615. The molecule has 0 aliphatic heterocycles. The number of carbonyl (C=O) groups is 2. The Morgan fingerprint density at radius 1 is 1.48 bits per heavy atom. The first kappa shape index (κ1) is 15.4. The molecule has 6 nitrogen and oxygen atoms in total. The normalized spacial score (nSPS) is 19.9. The van der Waals surface area contributed by atoms with Gasteiger partial charge in [-0.15, -0.1) is 0 Å². The van der Waals surface area contributed by atoms with Crippen LogP contribution in [0.15, 0.2) is 12.5 Å². The number of hydrogen-bond donors (Lipinski definition) is 3. The number of amides is 1. The van der Waals surface area contributed by atoms with E-state index in [1.54, 1.807) is 0 Å². The molecule has 0 saturated heterocycles. The lowest BCUT2D eigenvalue weighted by Crippen LogP contribution is -2.46. The van der Waals surface area contributed by atoms with E-state index in [2.05, 4.69) is 15.3 Å². The number of aromatic amines is 1. The second kappa shape index (κ2) is 6.19. The summed E-state index contributed by atoms with van der Waals surface area (Å²) in [6.45, 7) is 0. The first-order valence-electron chi connectivity index (χ1n) is 6.75. The van der Waals surface area contributed by atoms with Crippen LogP contribution in [0.5, 0.6) is 0 Å². The van der Waals surface area contributed by atoms with Gasteiger partial charge >= 0.3 is 5.97 Å². The quantitative estimate of drug-likeness (QED) is 0.765. The van der Waals surface area contributed by atoms with Crippen LogP contribution in [-0.4, -0.2) is 38.9 Å². The number of nitrogens with one attached hydrogen (secondary N) is 2. The SMILES string of the molecule is O=C(NC(Cc1cnc[nH]1)C(=O)O)C1CCC(F)(F)CC1. The predicted octanol–water partition coefficient (Wildman–Crippen LogP) is 1.35. The van der Waals surface area contributed by atoms with Crippen LogP contribution >= 0.6 is 0 Å². The fourth-order valence-electron chi connectivity index (χ4n) is 2.41. The molecule has 1 amide bonds. The van der Waals surface area contributed by atoms with Gasteiger partial charge in [0, 0.05) is 37.1 Å². The monoisotopic (exact) mass is 301 g/mol. The topological polar surface area (TPSA) is 95.1 Å². The molecule has 1 heterocycles. The van der Waals surface area contributed by atoms with Gasteiger partial charge in [0.1, 0.15) is 6.04 Å². The highest BCUT2D eigenvalue weighted by Crippen LogP contribution is 2.36. The van der Waals surface area contributed by atoms with Crippen molar-refractivity contribution in [2.45, 2.75) is 44.1 Å². The Bertz CT molecular complexity index is 495. The molecule has 1 aromatic rings. The van der Waals surface area contributed by atoms with Gasteiger partial charge in [0.2, 0.25) is 11.8 Å². The Balaban J connectivity index is 1.91. The molecule has 116 valence electrons. The Labute approximate surface area is 120 Å². The van der Waals surface area contributed by atoms with Gasteiger partial charge in [0.05, 0.1) is 6.33 Å². The standard InChI is InChI=1S/C13H17F2N3O3/c14-13(15)3-1-8(2-4-13)11(19)18-10(12(20)21)5-9-6-16-7-17-9/h6-8,10H,1-5H2,(H,16,17)(H,18,19)(H,20,21). The summed E-state index contributed by atoms with van der Waals surface area (Å²) in [5.74, 6) is -4.90. The van der Waals surface area contributed by atoms with Crippen LogP contribution in [0.4, 0.5) is 8.78 Å². The first-order valence-corrected chi connectivity index (χ1v) is 6.75. The van der Waals surface area contributed by atoms with Crippen molar-refractivity contribution in [2.75, 3.05) is 0 Å². The van der Waals surface area contributed by atoms with E-state index >= 15 is 0 Å². The second-order valence-corrected chi connectivity index (χ2v) is 5.31. The molecule has 1 aromatic heterocycles. The van der Waals surface area contributed by atoms with Gasteiger partial charge in [-0.05, 0) is 12.8 Å². The number of rotatable bonds is 5. The lowest BCUT2D eigenvalue weighted by atomic mass is 9.86. The number of aromatic nitrogens is 2. The van der Waals surface area contributed by atoms with E-state index < -0.39 is 29.8 Å². The Hall–Kier alpha value is -1.99. The van der Waals surface area contributed by atoms with Crippen molar-refractivity contribution in [1.82, 2.24) is 15.3 Å². The van der Waals surface area contributed by atoms with E-state index in [0.717, 1.165) is 0 Å². The number of H-pyrrole nitrogens is 1. The van der Waals surface area contributed by atoms with Crippen LogP contribution in [0.1, 0.15) is 31.4 Å². The maximum atomic E-state index is 13.0. The molecule has 1 aliphatic rings. The molecule has 1 fully saturated rings. The van der Waals surface area contributed by atoms with Crippen LogP contribution in [0.25, 0.3) is 0 Å². The van der Waals surface area contributed by atoms with Crippen LogP contribution in [0, 0.1) is 5.92 Å². The average Bonchev–Trinajstić information content (AvgIpc) is 2.90. The van der Waals surface area contributed by atoms with E-state index in [4.69, 9.17) is 5.11 Å². The molecule has 0 aromatic carbocycles. The van der Waals surface area contributed by atoms with E-state index in [1.165, 1.54) is 12.5 Å². The van der Waals surface area contributed by atoms with E-state index in [-0.39, 0.29) is 32.1 Å². The predicted molar refractivity (Wildman–Crippen MR) is 68.8 cm³/mol. The van der Waals surface area contributed by atoms with Crippen molar-refractivity contribution in [3.05, 3.63) is 18.2 Å². The average molecular weight is 301 g/mol. The molecule has 2 rings (SSSR count). The summed E-state index contributed by atoms with van der Waals surface area (Å²) in [7, 11) is 0. The lowest BCUT2D eigenvalue weighted by molar-refractivity contribution is -0.143. The Kier molecular flexibility index (Phi) is 4.54. The third-order valence-corrected chi connectivity index (χ3v) is 3.68. The van der Waals surface area contributed by atoms with Crippen molar-refractivity contribution >= 4 is 11.9 Å². The molecule has 8 heteroatoms. The summed E-state index contributed by atoms with van der Waals surface area (Å²) in [6.07, 6.45) is 2.46. The van der Waals surface area contributed by atoms with Gasteiger partial charge in [-0.2, -0.15) is 0 Å². The second-order valence-electron chi connectivity index (χ2n) is 5.31. The molecule has 0 spiro atoms. The van der Waals surface area contributed by atoms with E-state index in [9.17, 15) is 18.4 Å². The summed E-state index contributed by atoms with van der Waals surface area (Å²) in [4.78, 5) is 29.7. The molecule has 3 N–H and O–H groups in total. The molecule has 0 radical (unpaired) electrons. The van der Waals surface area contributed by atoms with Crippen molar-refractivity contribution < 1.29 is 23.5 Å². The van der Waals surface area contributed by atoms with Crippen molar-refractivity contribution in [3.63, 3.8) is 0 Å². The zero-order chi connectivity index (χ0) is 15.5. The highest BCUT2D eigenvalue weighted by molar-refractivity contribution is 5.85. The van der Waals surface area contributed by atoms with E-state index in [0.29, 0.717) is 5.69 Å². The summed E-state index contributed by atoms with van der Waals surface area (Å²) < 4.78 is 26.1. The van der Waals surface area contributed by atoms with Crippen molar-refractivity contribution in [1.29, 1.82) is 0 Å². The lowest BCUT2D eigenvalue weighted by Gasteiger charge is -2.28. The zero-order valence-electron chi connectivity index (χ0n) is 11.3. The Morgan fingerprint density at radius 3 is 2.67 bits per heavy atom. The van der Waals surface area contributed by atoms with E-state index in [1.807, 2.05) is 0 Å². The fourth-order valence-corrected chi connectivity index (χ4v) is 2.41. The number of hydrogen-bond acceptors (Lipinski definition) is 3. The summed E-state index contributed by atoms with van der Waals surface area (Å²) in [5.41, 5.74) is 0.581. The maximum Gasteiger partial charge on any atom is 0.326 e. The molecule has 1 atom stereocenters. The highest BCUT2D eigenvalue weighted by atomic mass is 19.3. The smallest absolute Gasteiger partial charge is 0.326 e. The molecule has 21 heavy (non-hydrogen) atoms. The van der Waals surface area contributed by atoms with Gasteiger partial charge in [-0.3, -0.25) is 4.79 Å². The summed E-state index contributed by atoms with van der Waals surface area (Å²) >= 11 is 0. The summed E-state index contributed by atoms with van der Waals surface area (Å²) in [6, 6.07) is -1.10. The van der Waals surface area contributed by atoms with Gasteiger partial charge < -0.3 is 15.4 Å². The molecule has 1 aliphatic carbocycles. The van der Waals surface area contributed by atoms with Crippen molar-refractivity contribution in [3.8, 4) is 0 Å². The summed E-state index contributed by atoms with van der Waals surface area (Å²) in [5, 5.41) is 11.6. The maximum absolute atomic E-state index is 13.0. The molecular formula is C13H17F2N3O3. The number of imidazole rings is 1. The van der Waals surface area contributed by atoms with Gasteiger partial charge in [0.15, 0.2) is 0 Å². The van der Waals surface area contributed by atoms with Gasteiger partial charge in [-0.1, -0.05) is 0 Å². The van der Waals surface area contributed by atoms with Gasteiger partial charge in [0.25, 0.3) is 0 Å². The number of alkyl halides is 2. The van der Waals surface area contributed by atoms with Crippen LogP contribution in [0.3, 0.4) is 0 Å². The number of nitrogens with zero attached hydrogens (tertiary/aromatic N) is 1. The number of carboxylic acid groups (broad SMARTS) is 1. The number of carbonyl (C=O) groups excluding carboxylic acids is 1. The first-order chi connectivity index (χ1) is 9.87. The molecule has 1 saturated carbocycles. The minimum Gasteiger partial charge on any atom is -0.480 e. The number of aliphatic carboxylic acids is 1. The Morgan fingerprint density at radius 2 is 2.14 bits per heavy atom. The molecule has 0 bridgehead atoms. The van der Waals surface area contributed by atoms with Crippen molar-refractivity contribution in [2.24, 2.45) is 5.92 Å². The van der Waals surface area contributed by atoms with Crippen LogP contribution in [0.2, 0.25) is 0 Å².